The van der Waals surface area contributed by atoms with Gasteiger partial charge < -0.3 is 4.85 Å². The van der Waals surface area contributed by atoms with Crippen molar-refractivity contribution in [3.63, 3.8) is 0 Å². The maximum absolute atomic E-state index is 12.4. The minimum atomic E-state index is -4.48. The van der Waals surface area contributed by atoms with Crippen molar-refractivity contribution in [2.45, 2.75) is 6.18 Å². The molecule has 0 bridgehead atoms. The number of rotatable bonds is 1. The summed E-state index contributed by atoms with van der Waals surface area (Å²) in [5.74, 6) is 0.110. The average molecular weight is 284 g/mol. The van der Waals surface area contributed by atoms with Crippen LogP contribution in [0.2, 0.25) is 5.02 Å². The summed E-state index contributed by atoms with van der Waals surface area (Å²) >= 11 is 5.90. The second-order valence-electron chi connectivity index (χ2n) is 3.56. The molecule has 0 aromatic carbocycles. The van der Waals surface area contributed by atoms with Gasteiger partial charge in [-0.1, -0.05) is 24.2 Å². The molecule has 0 aliphatic heterocycles. The van der Waals surface area contributed by atoms with Gasteiger partial charge >= 0.3 is 6.18 Å². The third-order valence-corrected chi connectivity index (χ3v) is 2.62. The summed E-state index contributed by atoms with van der Waals surface area (Å²) in [5.41, 5.74) is -0.166. The molecule has 2 rings (SSSR count). The maximum atomic E-state index is 12.4. The minimum absolute atomic E-state index is 0.110. The molecule has 19 heavy (non-hydrogen) atoms. The molecule has 0 radical (unpaired) electrons. The first kappa shape index (κ1) is 13.3. The third kappa shape index (κ3) is 2.83. The molecule has 0 unspecified atom stereocenters. The molecule has 0 atom stereocenters. The highest BCUT2D eigenvalue weighted by molar-refractivity contribution is 6.33. The van der Waals surface area contributed by atoms with Crippen LogP contribution in [0, 0.1) is 6.57 Å². The number of pyridine rings is 2. The molecule has 96 valence electrons. The Hall–Kier alpha value is -2.13. The number of aromatic nitrogens is 2. The molecule has 2 aromatic rings. The Bertz CT molecular complexity index is 645. The van der Waals surface area contributed by atoms with E-state index in [1.54, 1.807) is 0 Å². The molecule has 0 fully saturated rings. The van der Waals surface area contributed by atoms with Crippen LogP contribution in [0.5, 0.6) is 0 Å². The summed E-state index contributed by atoms with van der Waals surface area (Å²) in [6.07, 6.45) is -2.14. The van der Waals surface area contributed by atoms with E-state index in [0.717, 1.165) is 12.3 Å². The summed E-state index contributed by atoms with van der Waals surface area (Å²) in [5, 5.41) is 0.244. The van der Waals surface area contributed by atoms with Crippen LogP contribution in [0.4, 0.5) is 19.0 Å². The molecule has 2 aromatic heterocycles. The first-order valence-corrected chi connectivity index (χ1v) is 5.36. The van der Waals surface area contributed by atoms with E-state index in [2.05, 4.69) is 14.8 Å². The zero-order valence-electron chi connectivity index (χ0n) is 9.24. The fraction of sp³-hybridized carbons (Fsp3) is 0.0833. The van der Waals surface area contributed by atoms with Crippen LogP contribution in [0.25, 0.3) is 16.0 Å². The number of nitrogens with zero attached hydrogens (tertiary/aromatic N) is 3. The fourth-order valence-electron chi connectivity index (χ4n) is 1.43. The first-order chi connectivity index (χ1) is 8.91. The third-order valence-electron chi connectivity index (χ3n) is 2.32. The molecule has 0 aliphatic rings. The lowest BCUT2D eigenvalue weighted by Gasteiger charge is -2.07. The van der Waals surface area contributed by atoms with E-state index in [1.165, 1.54) is 18.3 Å². The van der Waals surface area contributed by atoms with Gasteiger partial charge in [-0.2, -0.15) is 13.2 Å². The summed E-state index contributed by atoms with van der Waals surface area (Å²) in [7, 11) is 0. The lowest BCUT2D eigenvalue weighted by Crippen LogP contribution is -2.07. The predicted molar refractivity (Wildman–Crippen MR) is 63.7 cm³/mol. The quantitative estimate of drug-likeness (QED) is 0.728. The van der Waals surface area contributed by atoms with Crippen LogP contribution in [0.1, 0.15) is 5.69 Å². The van der Waals surface area contributed by atoms with E-state index in [0.29, 0.717) is 11.1 Å². The number of alkyl halides is 3. The standard InChI is InChI=1S/C12H5ClF3N3/c1-17-11-4-8(9(13)6-19-11)7-2-3-10(18-5-7)12(14,15)16/h2-6H. The Labute approximate surface area is 111 Å². The van der Waals surface area contributed by atoms with Crippen LogP contribution in [-0.4, -0.2) is 9.97 Å². The van der Waals surface area contributed by atoms with Crippen molar-refractivity contribution in [3.8, 4) is 11.1 Å². The first-order valence-electron chi connectivity index (χ1n) is 4.98. The van der Waals surface area contributed by atoms with Crippen molar-refractivity contribution < 1.29 is 13.2 Å². The molecule has 0 N–H and O–H groups in total. The van der Waals surface area contributed by atoms with Gasteiger partial charge in [0.05, 0.1) is 5.02 Å². The van der Waals surface area contributed by atoms with Crippen LogP contribution >= 0.6 is 11.6 Å². The van der Waals surface area contributed by atoms with Gasteiger partial charge in [0.25, 0.3) is 5.82 Å². The average Bonchev–Trinajstić information content (AvgIpc) is 2.38. The number of hydrogen-bond acceptors (Lipinski definition) is 2. The Morgan fingerprint density at radius 3 is 2.42 bits per heavy atom. The molecule has 0 aliphatic carbocycles. The summed E-state index contributed by atoms with van der Waals surface area (Å²) in [6.45, 7) is 6.84. The Morgan fingerprint density at radius 1 is 1.16 bits per heavy atom. The van der Waals surface area contributed by atoms with Crippen molar-refractivity contribution in [3.05, 3.63) is 52.7 Å². The van der Waals surface area contributed by atoms with Gasteiger partial charge in [0.2, 0.25) is 0 Å². The largest absolute Gasteiger partial charge is 0.433 e. The minimum Gasteiger partial charge on any atom is -0.361 e. The highest BCUT2D eigenvalue weighted by Gasteiger charge is 2.32. The topological polar surface area (TPSA) is 30.1 Å². The molecule has 0 amide bonds. The highest BCUT2D eigenvalue weighted by Crippen LogP contribution is 2.32. The Morgan fingerprint density at radius 2 is 1.89 bits per heavy atom. The zero-order valence-corrected chi connectivity index (χ0v) is 10.00. The summed E-state index contributed by atoms with van der Waals surface area (Å²) in [6, 6.07) is 3.52. The molecular weight excluding hydrogens is 279 g/mol. The lowest BCUT2D eigenvalue weighted by atomic mass is 10.1. The predicted octanol–water partition coefficient (Wildman–Crippen LogP) is 4.37. The number of halogens is 4. The molecule has 0 saturated carbocycles. The van der Waals surface area contributed by atoms with Gasteiger partial charge in [-0.3, -0.25) is 4.98 Å². The summed E-state index contributed by atoms with van der Waals surface area (Å²) < 4.78 is 37.1. The Balaban J connectivity index is 2.46. The highest BCUT2D eigenvalue weighted by atomic mass is 35.5. The van der Waals surface area contributed by atoms with E-state index >= 15 is 0 Å². The van der Waals surface area contributed by atoms with E-state index < -0.39 is 11.9 Å². The normalized spacial score (nSPS) is 11.1. The molecule has 0 saturated heterocycles. The maximum Gasteiger partial charge on any atom is 0.433 e. The van der Waals surface area contributed by atoms with Crippen LogP contribution in [0.3, 0.4) is 0 Å². The second kappa shape index (κ2) is 4.86. The SMILES string of the molecule is [C-]#[N+]c1cc(-c2ccc(C(F)(F)F)nc2)c(Cl)cn1. The van der Waals surface area contributed by atoms with Crippen LogP contribution in [0.15, 0.2) is 30.6 Å². The van der Waals surface area contributed by atoms with Crippen LogP contribution in [-0.2, 0) is 6.18 Å². The molecule has 7 heteroatoms. The molecule has 0 spiro atoms. The van der Waals surface area contributed by atoms with Crippen molar-refractivity contribution in [1.29, 1.82) is 0 Å². The van der Waals surface area contributed by atoms with Crippen molar-refractivity contribution in [2.75, 3.05) is 0 Å². The van der Waals surface area contributed by atoms with Gasteiger partial charge in [-0.05, 0) is 17.7 Å². The van der Waals surface area contributed by atoms with Crippen molar-refractivity contribution in [2.24, 2.45) is 0 Å². The van der Waals surface area contributed by atoms with E-state index in [9.17, 15) is 13.2 Å². The zero-order chi connectivity index (χ0) is 14.0. The van der Waals surface area contributed by atoms with Gasteiger partial charge in [0.15, 0.2) is 0 Å². The Kier molecular flexibility index (Phi) is 3.40. The van der Waals surface area contributed by atoms with Gasteiger partial charge in [-0.15, -0.1) is 4.98 Å². The molecule has 3 nitrogen and oxygen atoms in total. The van der Waals surface area contributed by atoms with Crippen LogP contribution < -0.4 is 0 Å². The monoisotopic (exact) mass is 283 g/mol. The van der Waals surface area contributed by atoms with E-state index in [4.69, 9.17) is 18.2 Å². The lowest BCUT2D eigenvalue weighted by molar-refractivity contribution is -0.141. The molecule has 2 heterocycles. The smallest absolute Gasteiger partial charge is 0.361 e. The van der Waals surface area contributed by atoms with Gasteiger partial charge in [0, 0.05) is 11.8 Å². The van der Waals surface area contributed by atoms with Crippen molar-refractivity contribution >= 4 is 17.4 Å². The number of hydrogen-bond donors (Lipinski definition) is 0. The van der Waals surface area contributed by atoms with E-state index in [1.807, 2.05) is 0 Å². The fourth-order valence-corrected chi connectivity index (χ4v) is 1.64. The van der Waals surface area contributed by atoms with Gasteiger partial charge in [0.1, 0.15) is 11.9 Å². The van der Waals surface area contributed by atoms with Gasteiger partial charge in [-0.25, -0.2) is 0 Å². The summed E-state index contributed by atoms with van der Waals surface area (Å²) in [4.78, 5) is 10.2. The second-order valence-corrected chi connectivity index (χ2v) is 3.97. The van der Waals surface area contributed by atoms with E-state index in [-0.39, 0.29) is 10.8 Å². The molecular formula is C12H5ClF3N3. The van der Waals surface area contributed by atoms with Crippen molar-refractivity contribution in [1.82, 2.24) is 9.97 Å².